The summed E-state index contributed by atoms with van der Waals surface area (Å²) in [5.74, 6) is -1.89. The quantitative estimate of drug-likeness (QED) is 0.248. The maximum Gasteiger partial charge on any atom is 0.329 e. The lowest BCUT2D eigenvalue weighted by Gasteiger charge is -2.37. The molecule has 3 aromatic carbocycles. The highest BCUT2D eigenvalue weighted by atomic mass is 35.5. The van der Waals surface area contributed by atoms with Crippen LogP contribution in [-0.4, -0.2) is 28.6 Å². The van der Waals surface area contributed by atoms with Crippen LogP contribution in [0.1, 0.15) is 49.4 Å². The molecule has 4 rings (SSSR count). The van der Waals surface area contributed by atoms with Crippen LogP contribution in [0.3, 0.4) is 0 Å². The molecule has 10 heteroatoms. The number of amides is 3. The number of urea groups is 1. The van der Waals surface area contributed by atoms with Gasteiger partial charge in [-0.2, -0.15) is 0 Å². The van der Waals surface area contributed by atoms with E-state index in [2.05, 4.69) is 16.0 Å². The number of carbonyl (C=O) groups is 3. The van der Waals surface area contributed by atoms with Gasteiger partial charge in [-0.25, -0.2) is 9.59 Å². The Morgan fingerprint density at radius 2 is 1.49 bits per heavy atom. The Bertz CT molecular complexity index is 1350. The van der Waals surface area contributed by atoms with Gasteiger partial charge in [-0.15, -0.1) is 0 Å². The number of aliphatic carboxylic acids is 1. The van der Waals surface area contributed by atoms with Gasteiger partial charge >= 0.3 is 12.0 Å². The number of hydrogen-bond donors (Lipinski definition) is 4. The summed E-state index contributed by atoms with van der Waals surface area (Å²) in [6, 6.07) is 12.8. The Hall–Kier alpha value is -3.00. The number of carboxylic acids is 1. The van der Waals surface area contributed by atoms with Crippen molar-refractivity contribution in [1.82, 2.24) is 5.32 Å². The van der Waals surface area contributed by atoms with Gasteiger partial charge in [0.15, 0.2) is 0 Å². The Labute approximate surface area is 229 Å². The van der Waals surface area contributed by atoms with Crippen molar-refractivity contribution in [3.63, 3.8) is 0 Å². The van der Waals surface area contributed by atoms with Gasteiger partial charge in [-0.1, -0.05) is 78.3 Å². The molecule has 0 heterocycles. The third-order valence-electron chi connectivity index (χ3n) is 6.86. The van der Waals surface area contributed by atoms with E-state index >= 15 is 0 Å². The molecule has 1 fully saturated rings. The molecule has 0 bridgehead atoms. The van der Waals surface area contributed by atoms with Gasteiger partial charge in [0.25, 0.3) is 5.91 Å². The Morgan fingerprint density at radius 3 is 2.08 bits per heavy atom. The first-order chi connectivity index (χ1) is 17.6. The number of carboxylic acid groups (broad SMARTS) is 1. The average Bonchev–Trinajstić information content (AvgIpc) is 2.86. The molecule has 1 aliphatic rings. The van der Waals surface area contributed by atoms with Crippen LogP contribution in [0.5, 0.6) is 0 Å². The molecule has 4 N–H and O–H groups in total. The standard InChI is InChI=1S/C27H26Cl3N3O4/c1-27(25(35)36,17-9-3-2-4-10-17)33-24(34)19-11-15-7-5-6-8-16(15)12-22(19)31-26(37)32-23-20(29)13-18(28)14-21(23)30/h5-8,11-14,17H,2-4,9-10H2,1H3,(H,33,34)(H,35,36)(H2,31,32,37)/t27-/m1/s1. The Balaban J connectivity index is 1.66. The van der Waals surface area contributed by atoms with Gasteiger partial charge < -0.3 is 21.1 Å². The van der Waals surface area contributed by atoms with E-state index in [1.165, 1.54) is 12.1 Å². The summed E-state index contributed by atoms with van der Waals surface area (Å²) >= 11 is 18.3. The molecule has 7 nitrogen and oxygen atoms in total. The highest BCUT2D eigenvalue weighted by Gasteiger charge is 2.43. The third-order valence-corrected chi connectivity index (χ3v) is 7.68. The van der Waals surface area contributed by atoms with E-state index < -0.39 is 23.4 Å². The van der Waals surface area contributed by atoms with Crippen LogP contribution in [0.2, 0.25) is 15.1 Å². The molecule has 0 unspecified atom stereocenters. The summed E-state index contributed by atoms with van der Waals surface area (Å²) in [5, 5.41) is 20.3. The minimum atomic E-state index is -1.45. The van der Waals surface area contributed by atoms with Crippen molar-refractivity contribution in [3.8, 4) is 0 Å². The number of anilines is 2. The van der Waals surface area contributed by atoms with Gasteiger partial charge in [-0.3, -0.25) is 4.79 Å². The summed E-state index contributed by atoms with van der Waals surface area (Å²) in [6.07, 6.45) is 4.33. The molecule has 1 aliphatic carbocycles. The number of nitrogens with one attached hydrogen (secondary N) is 3. The Kier molecular flexibility index (Phi) is 8.17. The summed E-state index contributed by atoms with van der Waals surface area (Å²) in [5.41, 5.74) is -0.961. The van der Waals surface area contributed by atoms with Crippen LogP contribution in [-0.2, 0) is 4.79 Å². The normalized spacial score (nSPS) is 15.6. The highest BCUT2D eigenvalue weighted by Crippen LogP contribution is 2.35. The second-order valence-electron chi connectivity index (χ2n) is 9.37. The maximum absolute atomic E-state index is 13.6. The summed E-state index contributed by atoms with van der Waals surface area (Å²) in [7, 11) is 0. The predicted molar refractivity (Wildman–Crippen MR) is 148 cm³/mol. The zero-order valence-corrected chi connectivity index (χ0v) is 22.3. The molecule has 3 amide bonds. The van der Waals surface area contributed by atoms with Crippen molar-refractivity contribution in [2.45, 2.75) is 44.6 Å². The molecule has 1 atom stereocenters. The molecular weight excluding hydrogens is 537 g/mol. The lowest BCUT2D eigenvalue weighted by molar-refractivity contribution is -0.146. The molecule has 194 valence electrons. The molecule has 1 saturated carbocycles. The Morgan fingerprint density at radius 1 is 0.892 bits per heavy atom. The first-order valence-corrected chi connectivity index (χ1v) is 13.0. The minimum absolute atomic E-state index is 0.130. The molecule has 0 spiro atoms. The van der Waals surface area contributed by atoms with Crippen LogP contribution in [0, 0.1) is 5.92 Å². The zero-order valence-electron chi connectivity index (χ0n) is 20.0. The molecule has 37 heavy (non-hydrogen) atoms. The predicted octanol–water partition coefficient (Wildman–Crippen LogP) is 7.60. The van der Waals surface area contributed by atoms with Gasteiger partial charge in [0.2, 0.25) is 0 Å². The molecule has 0 aliphatic heterocycles. The minimum Gasteiger partial charge on any atom is -0.480 e. The van der Waals surface area contributed by atoms with Crippen molar-refractivity contribution in [1.29, 1.82) is 0 Å². The van der Waals surface area contributed by atoms with Crippen LogP contribution >= 0.6 is 34.8 Å². The number of fused-ring (bicyclic) bond motifs is 1. The smallest absolute Gasteiger partial charge is 0.329 e. The largest absolute Gasteiger partial charge is 0.480 e. The van der Waals surface area contributed by atoms with Crippen molar-refractivity contribution in [2.24, 2.45) is 5.92 Å². The topological polar surface area (TPSA) is 108 Å². The van der Waals surface area contributed by atoms with Crippen molar-refractivity contribution >= 4 is 74.9 Å². The average molecular weight is 563 g/mol. The number of benzene rings is 3. The van der Waals surface area contributed by atoms with Crippen molar-refractivity contribution in [2.75, 3.05) is 10.6 Å². The zero-order chi connectivity index (χ0) is 26.7. The van der Waals surface area contributed by atoms with E-state index in [0.717, 1.165) is 42.9 Å². The molecule has 0 saturated heterocycles. The van der Waals surface area contributed by atoms with Gasteiger partial charge in [0.1, 0.15) is 5.54 Å². The van der Waals surface area contributed by atoms with Crippen LogP contribution in [0.15, 0.2) is 48.5 Å². The first-order valence-electron chi connectivity index (χ1n) is 11.9. The fourth-order valence-electron chi connectivity index (χ4n) is 4.77. The number of hydrogen-bond acceptors (Lipinski definition) is 3. The molecule has 0 radical (unpaired) electrons. The summed E-state index contributed by atoms with van der Waals surface area (Å²) in [6.45, 7) is 1.55. The summed E-state index contributed by atoms with van der Waals surface area (Å²) in [4.78, 5) is 38.8. The number of carbonyl (C=O) groups excluding carboxylic acids is 2. The van der Waals surface area contributed by atoms with Gasteiger partial charge in [-0.05, 0) is 60.7 Å². The first kappa shape index (κ1) is 27.0. The van der Waals surface area contributed by atoms with E-state index in [0.29, 0.717) is 5.02 Å². The number of halogens is 3. The van der Waals surface area contributed by atoms with Crippen LogP contribution in [0.4, 0.5) is 16.2 Å². The monoisotopic (exact) mass is 561 g/mol. The van der Waals surface area contributed by atoms with Crippen LogP contribution < -0.4 is 16.0 Å². The number of rotatable bonds is 6. The van der Waals surface area contributed by atoms with E-state index in [1.807, 2.05) is 24.3 Å². The molecule has 0 aromatic heterocycles. The van der Waals surface area contributed by atoms with E-state index in [9.17, 15) is 19.5 Å². The van der Waals surface area contributed by atoms with E-state index in [-0.39, 0.29) is 32.9 Å². The maximum atomic E-state index is 13.6. The van der Waals surface area contributed by atoms with Gasteiger partial charge in [0, 0.05) is 5.02 Å². The lowest BCUT2D eigenvalue weighted by atomic mass is 9.75. The van der Waals surface area contributed by atoms with E-state index in [4.69, 9.17) is 34.8 Å². The van der Waals surface area contributed by atoms with Crippen molar-refractivity contribution in [3.05, 3.63) is 69.2 Å². The second kappa shape index (κ2) is 11.2. The molecule has 3 aromatic rings. The van der Waals surface area contributed by atoms with Crippen LogP contribution in [0.25, 0.3) is 10.8 Å². The SMILES string of the molecule is C[C@](NC(=O)c1cc2ccccc2cc1NC(=O)Nc1c(Cl)cc(Cl)cc1Cl)(C(=O)O)C1CCCCC1. The van der Waals surface area contributed by atoms with E-state index in [1.54, 1.807) is 19.1 Å². The molecular formula is C27H26Cl3N3O4. The van der Waals surface area contributed by atoms with Gasteiger partial charge in [0.05, 0.1) is 27.0 Å². The summed E-state index contributed by atoms with van der Waals surface area (Å²) < 4.78 is 0. The van der Waals surface area contributed by atoms with Crippen molar-refractivity contribution < 1.29 is 19.5 Å². The fourth-order valence-corrected chi connectivity index (χ4v) is 5.69. The highest BCUT2D eigenvalue weighted by molar-refractivity contribution is 6.42. The second-order valence-corrected chi connectivity index (χ2v) is 10.6. The fraction of sp³-hybridized carbons (Fsp3) is 0.296. The lowest BCUT2D eigenvalue weighted by Crippen LogP contribution is -2.57. The third kappa shape index (κ3) is 5.95.